The minimum atomic E-state index is -1.60. The molecule has 132 valence electrons. The van der Waals surface area contributed by atoms with Gasteiger partial charge in [-0.1, -0.05) is 25.5 Å². The monoisotopic (exact) mass is 345 g/mol. The number of unbranched alkanes of at least 4 members (excludes halogenated alkanes) is 1. The minimum Gasteiger partial charge on any atom is -0.356 e. The van der Waals surface area contributed by atoms with Crippen molar-refractivity contribution in [3.63, 3.8) is 0 Å². The number of para-hydroxylation sites is 1. The number of Topliss-reactive ketones (excluding diaryl/α,β-unsaturated/α-hetero) is 1. The molecule has 1 heterocycles. The van der Waals surface area contributed by atoms with Gasteiger partial charge >= 0.3 is 0 Å². The summed E-state index contributed by atoms with van der Waals surface area (Å²) in [5.74, 6) is -0.797. The molecule has 1 aromatic carbocycles. The van der Waals surface area contributed by atoms with E-state index in [2.05, 4.69) is 5.32 Å². The SMILES string of the molecule is CCCCNC(=O)CC1(C)C(=O)C(=C=N)C(=O)N1c1ccccc1F. The molecule has 0 aromatic heterocycles. The maximum absolute atomic E-state index is 14.2. The Bertz CT molecular complexity index is 771. The van der Waals surface area contributed by atoms with Gasteiger partial charge in [-0.3, -0.25) is 24.7 Å². The summed E-state index contributed by atoms with van der Waals surface area (Å²) in [5, 5.41) is 9.90. The number of amides is 2. The first-order valence-electron chi connectivity index (χ1n) is 8.07. The third-order valence-corrected chi connectivity index (χ3v) is 4.20. The second kappa shape index (κ2) is 7.40. The van der Waals surface area contributed by atoms with Gasteiger partial charge < -0.3 is 5.32 Å². The van der Waals surface area contributed by atoms with Crippen LogP contribution in [0, 0.1) is 11.2 Å². The summed E-state index contributed by atoms with van der Waals surface area (Å²) in [7, 11) is 0. The number of benzene rings is 1. The van der Waals surface area contributed by atoms with E-state index in [-0.39, 0.29) is 12.1 Å². The van der Waals surface area contributed by atoms with Crippen molar-refractivity contribution in [2.75, 3.05) is 11.4 Å². The standard InChI is InChI=1S/C18H20FN3O3/c1-3-4-9-21-15(23)10-18(2)16(24)12(11-20)17(25)22(18)14-8-6-5-7-13(14)19/h5-8,20H,3-4,9-10H2,1-2H3,(H,21,23). The van der Waals surface area contributed by atoms with Gasteiger partial charge in [0.25, 0.3) is 5.91 Å². The summed E-state index contributed by atoms with van der Waals surface area (Å²) in [6.45, 7) is 3.84. The molecule has 6 nitrogen and oxygen atoms in total. The number of ketones is 1. The van der Waals surface area contributed by atoms with Crippen LogP contribution in [-0.4, -0.2) is 35.6 Å². The molecule has 2 N–H and O–H groups in total. The topological polar surface area (TPSA) is 90.3 Å². The van der Waals surface area contributed by atoms with Crippen LogP contribution in [0.15, 0.2) is 29.8 Å². The smallest absolute Gasteiger partial charge is 0.272 e. The van der Waals surface area contributed by atoms with Crippen LogP contribution < -0.4 is 10.2 Å². The molecule has 1 atom stereocenters. The molecule has 1 fully saturated rings. The first kappa shape index (κ1) is 18.5. The fourth-order valence-corrected chi connectivity index (χ4v) is 2.86. The number of nitrogens with one attached hydrogen (secondary N) is 2. The number of anilines is 1. The largest absolute Gasteiger partial charge is 0.356 e. The second-order valence-electron chi connectivity index (χ2n) is 6.08. The zero-order valence-corrected chi connectivity index (χ0v) is 14.2. The Balaban J connectivity index is 2.42. The molecule has 1 aliphatic rings. The molecule has 2 rings (SSSR count). The van der Waals surface area contributed by atoms with E-state index in [0.717, 1.165) is 17.7 Å². The van der Waals surface area contributed by atoms with E-state index in [4.69, 9.17) is 5.41 Å². The molecule has 1 aliphatic heterocycles. The third-order valence-electron chi connectivity index (χ3n) is 4.20. The quantitative estimate of drug-likeness (QED) is 0.357. The van der Waals surface area contributed by atoms with Crippen LogP contribution in [0.25, 0.3) is 0 Å². The van der Waals surface area contributed by atoms with E-state index in [0.29, 0.717) is 6.54 Å². The summed E-state index contributed by atoms with van der Waals surface area (Å²) in [6, 6.07) is 5.52. The molecule has 0 saturated carbocycles. The Morgan fingerprint density at radius 3 is 2.64 bits per heavy atom. The lowest BCUT2D eigenvalue weighted by Gasteiger charge is -2.32. The van der Waals surface area contributed by atoms with Gasteiger partial charge in [0.15, 0.2) is 0 Å². The highest BCUT2D eigenvalue weighted by atomic mass is 19.1. The summed E-state index contributed by atoms with van der Waals surface area (Å²) in [5.41, 5.74) is -2.18. The van der Waals surface area contributed by atoms with Crippen LogP contribution in [0.1, 0.15) is 33.1 Å². The van der Waals surface area contributed by atoms with Gasteiger partial charge in [-0.05, 0) is 31.3 Å². The van der Waals surface area contributed by atoms with Crippen LogP contribution >= 0.6 is 0 Å². The molecule has 0 radical (unpaired) electrons. The average molecular weight is 345 g/mol. The molecule has 1 unspecified atom stereocenters. The van der Waals surface area contributed by atoms with Crippen molar-refractivity contribution in [1.29, 1.82) is 5.41 Å². The fourth-order valence-electron chi connectivity index (χ4n) is 2.86. The number of carbonyl (C=O) groups is 3. The van der Waals surface area contributed by atoms with Crippen molar-refractivity contribution in [3.8, 4) is 0 Å². The first-order chi connectivity index (χ1) is 11.9. The Hall–Kier alpha value is -2.79. The molecular weight excluding hydrogens is 325 g/mol. The summed E-state index contributed by atoms with van der Waals surface area (Å²) < 4.78 is 14.2. The molecule has 25 heavy (non-hydrogen) atoms. The molecule has 2 amide bonds. The highest BCUT2D eigenvalue weighted by molar-refractivity contribution is 6.39. The molecule has 0 spiro atoms. The first-order valence-corrected chi connectivity index (χ1v) is 8.07. The van der Waals surface area contributed by atoms with Crippen LogP contribution in [-0.2, 0) is 14.4 Å². The minimum absolute atomic E-state index is 0.102. The van der Waals surface area contributed by atoms with Crippen LogP contribution in [0.4, 0.5) is 10.1 Å². The van der Waals surface area contributed by atoms with Gasteiger partial charge in [0.2, 0.25) is 11.7 Å². The van der Waals surface area contributed by atoms with E-state index >= 15 is 0 Å². The maximum atomic E-state index is 14.2. The molecule has 7 heteroatoms. The van der Waals surface area contributed by atoms with Crippen molar-refractivity contribution in [2.24, 2.45) is 0 Å². The second-order valence-corrected chi connectivity index (χ2v) is 6.08. The molecule has 0 bridgehead atoms. The zero-order valence-electron chi connectivity index (χ0n) is 14.2. The molecular formula is C18H20FN3O3. The van der Waals surface area contributed by atoms with Crippen molar-refractivity contribution in [2.45, 2.75) is 38.6 Å². The fraction of sp³-hybridized carbons (Fsp3) is 0.389. The van der Waals surface area contributed by atoms with Crippen LogP contribution in [0.2, 0.25) is 0 Å². The van der Waals surface area contributed by atoms with Gasteiger partial charge in [0, 0.05) is 6.54 Å². The van der Waals surface area contributed by atoms with Crippen molar-refractivity contribution in [3.05, 3.63) is 35.7 Å². The summed E-state index contributed by atoms with van der Waals surface area (Å²) >= 11 is 0. The van der Waals surface area contributed by atoms with E-state index in [1.807, 2.05) is 12.8 Å². The molecule has 1 aromatic rings. The van der Waals surface area contributed by atoms with Gasteiger partial charge in [-0.25, -0.2) is 4.39 Å². The Morgan fingerprint density at radius 1 is 1.36 bits per heavy atom. The highest BCUT2D eigenvalue weighted by Crippen LogP contribution is 2.37. The number of hydrogen-bond donors (Lipinski definition) is 2. The van der Waals surface area contributed by atoms with E-state index in [1.54, 1.807) is 0 Å². The van der Waals surface area contributed by atoms with Gasteiger partial charge in [0.05, 0.1) is 12.1 Å². The van der Waals surface area contributed by atoms with E-state index in [1.165, 1.54) is 31.2 Å². The zero-order chi connectivity index (χ0) is 18.6. The predicted molar refractivity (Wildman–Crippen MR) is 91.1 cm³/mol. The van der Waals surface area contributed by atoms with Crippen molar-refractivity contribution >= 4 is 29.2 Å². The maximum Gasteiger partial charge on any atom is 0.272 e. The Kier molecular flexibility index (Phi) is 5.49. The Morgan fingerprint density at radius 2 is 2.04 bits per heavy atom. The van der Waals surface area contributed by atoms with E-state index in [9.17, 15) is 18.8 Å². The highest BCUT2D eigenvalue weighted by Gasteiger charge is 2.55. The summed E-state index contributed by atoms with van der Waals surface area (Å²) in [4.78, 5) is 38.4. The normalized spacial score (nSPS) is 20.0. The van der Waals surface area contributed by atoms with Gasteiger partial charge in [-0.15, -0.1) is 0 Å². The molecule has 1 saturated heterocycles. The number of hydrogen-bond acceptors (Lipinski definition) is 4. The molecule has 0 aliphatic carbocycles. The average Bonchev–Trinajstić information content (AvgIpc) is 2.75. The number of nitrogens with zero attached hydrogens (tertiary/aromatic N) is 1. The predicted octanol–water partition coefficient (Wildman–Crippen LogP) is 1.98. The van der Waals surface area contributed by atoms with E-state index < -0.39 is 34.5 Å². The lowest BCUT2D eigenvalue weighted by molar-refractivity contribution is -0.126. The number of halogens is 1. The van der Waals surface area contributed by atoms with Gasteiger partial charge in [-0.2, -0.15) is 0 Å². The third kappa shape index (κ3) is 3.37. The van der Waals surface area contributed by atoms with Gasteiger partial charge in [0.1, 0.15) is 16.9 Å². The Labute approximate surface area is 145 Å². The van der Waals surface area contributed by atoms with Crippen LogP contribution in [0.3, 0.4) is 0 Å². The lowest BCUT2D eigenvalue weighted by atomic mass is 9.91. The number of carbonyl (C=O) groups excluding carboxylic acids is 3. The van der Waals surface area contributed by atoms with Crippen molar-refractivity contribution < 1.29 is 18.8 Å². The summed E-state index contributed by atoms with van der Waals surface area (Å²) in [6.07, 6.45) is 1.37. The van der Waals surface area contributed by atoms with Crippen molar-refractivity contribution in [1.82, 2.24) is 5.32 Å². The van der Waals surface area contributed by atoms with Crippen LogP contribution in [0.5, 0.6) is 0 Å². The lowest BCUT2D eigenvalue weighted by Crippen LogP contribution is -2.51. The number of rotatable bonds is 6.